The number of halogens is 3. The Labute approximate surface area is 194 Å². The SMILES string of the molecule is CCOC(=O)C[C@@H]1CCc2cc(OCCCOc3ccc4c(c3)ONC4(O)C(F)(F)F)ccc21. The Hall–Kier alpha value is -2.98. The Bertz CT molecular complexity index is 1040. The number of rotatable bonds is 9. The van der Waals surface area contributed by atoms with Crippen LogP contribution < -0.4 is 19.8 Å². The number of alkyl halides is 3. The molecule has 1 heterocycles. The summed E-state index contributed by atoms with van der Waals surface area (Å²) >= 11 is 0. The largest absolute Gasteiger partial charge is 0.493 e. The van der Waals surface area contributed by atoms with Crippen LogP contribution in [0.2, 0.25) is 0 Å². The van der Waals surface area contributed by atoms with Crippen molar-refractivity contribution in [2.75, 3.05) is 19.8 Å². The molecule has 10 heteroatoms. The molecule has 0 amide bonds. The number of carbonyl (C=O) groups excluding carboxylic acids is 1. The van der Waals surface area contributed by atoms with Crippen molar-refractivity contribution >= 4 is 5.97 Å². The first-order chi connectivity index (χ1) is 16.2. The minimum atomic E-state index is -4.93. The number of fused-ring (bicyclic) bond motifs is 2. The number of hydrogen-bond acceptors (Lipinski definition) is 7. The van der Waals surface area contributed by atoms with Gasteiger partial charge in [0.1, 0.15) is 11.5 Å². The van der Waals surface area contributed by atoms with Crippen molar-refractivity contribution < 1.29 is 42.1 Å². The zero-order chi connectivity index (χ0) is 24.3. The van der Waals surface area contributed by atoms with E-state index in [9.17, 15) is 23.1 Å². The zero-order valence-corrected chi connectivity index (χ0v) is 18.6. The number of hydrogen-bond donors (Lipinski definition) is 2. The van der Waals surface area contributed by atoms with Gasteiger partial charge in [0.05, 0.1) is 31.8 Å². The molecule has 2 atom stereocenters. The van der Waals surface area contributed by atoms with E-state index in [-0.39, 0.29) is 24.2 Å². The van der Waals surface area contributed by atoms with E-state index in [2.05, 4.69) is 0 Å². The van der Waals surface area contributed by atoms with Gasteiger partial charge in [-0.15, -0.1) is 5.48 Å². The molecule has 184 valence electrons. The summed E-state index contributed by atoms with van der Waals surface area (Å²) in [5.41, 5.74) is 0.297. The highest BCUT2D eigenvalue weighted by Gasteiger charge is 2.60. The first-order valence-electron chi connectivity index (χ1n) is 11.1. The lowest BCUT2D eigenvalue weighted by Crippen LogP contribution is -2.51. The van der Waals surface area contributed by atoms with Gasteiger partial charge >= 0.3 is 12.1 Å². The van der Waals surface area contributed by atoms with Gasteiger partial charge in [-0.3, -0.25) is 4.79 Å². The number of esters is 1. The van der Waals surface area contributed by atoms with E-state index < -0.39 is 17.5 Å². The number of aryl methyl sites for hydroxylation is 1. The third kappa shape index (κ3) is 4.92. The normalized spacial score (nSPS) is 20.9. The Morgan fingerprint density at radius 1 is 1.18 bits per heavy atom. The Morgan fingerprint density at radius 3 is 2.59 bits per heavy atom. The second kappa shape index (κ2) is 9.71. The van der Waals surface area contributed by atoms with Crippen LogP contribution in [0.4, 0.5) is 13.2 Å². The van der Waals surface area contributed by atoms with E-state index in [1.165, 1.54) is 17.7 Å². The summed E-state index contributed by atoms with van der Waals surface area (Å²) in [6.07, 6.45) is -2.20. The molecule has 0 saturated heterocycles. The molecule has 0 bridgehead atoms. The van der Waals surface area contributed by atoms with Gasteiger partial charge in [0, 0.05) is 12.5 Å². The lowest BCUT2D eigenvalue weighted by Gasteiger charge is -2.24. The Morgan fingerprint density at radius 2 is 1.88 bits per heavy atom. The van der Waals surface area contributed by atoms with Crippen molar-refractivity contribution in [3.63, 3.8) is 0 Å². The van der Waals surface area contributed by atoms with Crippen LogP contribution >= 0.6 is 0 Å². The maximum atomic E-state index is 13.1. The van der Waals surface area contributed by atoms with Gasteiger partial charge in [0.15, 0.2) is 5.75 Å². The molecule has 1 aliphatic carbocycles. The molecular weight excluding hydrogens is 455 g/mol. The summed E-state index contributed by atoms with van der Waals surface area (Å²) in [4.78, 5) is 16.6. The highest BCUT2D eigenvalue weighted by molar-refractivity contribution is 5.71. The van der Waals surface area contributed by atoms with E-state index in [1.54, 1.807) is 12.4 Å². The molecule has 34 heavy (non-hydrogen) atoms. The number of aliphatic hydroxyl groups is 1. The minimum Gasteiger partial charge on any atom is -0.493 e. The predicted octanol–water partition coefficient (Wildman–Crippen LogP) is 4.12. The molecule has 2 aromatic rings. The molecule has 0 saturated carbocycles. The fraction of sp³-hybridized carbons (Fsp3) is 0.458. The molecule has 0 spiro atoms. The summed E-state index contributed by atoms with van der Waals surface area (Å²) in [6.45, 7) is 2.85. The Kier molecular flexibility index (Phi) is 6.90. The van der Waals surface area contributed by atoms with Crippen LogP contribution in [-0.4, -0.2) is 37.1 Å². The summed E-state index contributed by atoms with van der Waals surface area (Å²) in [5.74, 6) is 0.905. The highest BCUT2D eigenvalue weighted by atomic mass is 19.4. The first kappa shape index (κ1) is 24.2. The van der Waals surface area contributed by atoms with E-state index in [4.69, 9.17) is 19.0 Å². The lowest BCUT2D eigenvalue weighted by molar-refractivity contribution is -0.292. The van der Waals surface area contributed by atoms with Crippen LogP contribution in [0.15, 0.2) is 36.4 Å². The monoisotopic (exact) mass is 481 g/mol. The van der Waals surface area contributed by atoms with Gasteiger partial charge in [0.25, 0.3) is 5.72 Å². The van der Waals surface area contributed by atoms with Crippen LogP contribution in [0.3, 0.4) is 0 Å². The Balaban J connectivity index is 1.24. The summed E-state index contributed by atoms with van der Waals surface area (Å²) in [5, 5.41) is 9.82. The highest BCUT2D eigenvalue weighted by Crippen LogP contribution is 2.45. The number of carbonyl (C=O) groups is 1. The maximum Gasteiger partial charge on any atom is 0.438 e. The standard InChI is InChI=1S/C24H26F3NO6/c1-2-31-22(29)13-16-5-4-15-12-17(6-8-19(15)16)32-10-3-11-33-18-7-9-20-21(14-18)34-28-23(20,30)24(25,26)27/h6-9,12,14,16,28,30H,2-5,10-11,13H2,1H3/t16-,23?/m0/s1. The average molecular weight is 481 g/mol. The molecule has 1 unspecified atom stereocenters. The minimum absolute atomic E-state index is 0.145. The molecule has 1 aliphatic heterocycles. The molecule has 2 aromatic carbocycles. The molecule has 7 nitrogen and oxygen atoms in total. The van der Waals surface area contributed by atoms with E-state index >= 15 is 0 Å². The van der Waals surface area contributed by atoms with E-state index in [0.29, 0.717) is 31.8 Å². The van der Waals surface area contributed by atoms with Gasteiger partial charge in [0.2, 0.25) is 0 Å². The molecule has 2 N–H and O–H groups in total. The fourth-order valence-electron chi connectivity index (χ4n) is 4.21. The second-order valence-corrected chi connectivity index (χ2v) is 8.23. The van der Waals surface area contributed by atoms with Crippen molar-refractivity contribution in [3.8, 4) is 17.2 Å². The number of benzene rings is 2. The zero-order valence-electron chi connectivity index (χ0n) is 18.6. The summed E-state index contributed by atoms with van der Waals surface area (Å²) in [6, 6.07) is 9.64. The molecule has 4 rings (SSSR count). The molecule has 0 fully saturated rings. The van der Waals surface area contributed by atoms with Crippen LogP contribution in [0.1, 0.15) is 48.8 Å². The van der Waals surface area contributed by atoms with Gasteiger partial charge in [-0.2, -0.15) is 13.2 Å². The second-order valence-electron chi connectivity index (χ2n) is 8.23. The van der Waals surface area contributed by atoms with Crippen LogP contribution in [-0.2, 0) is 21.7 Å². The number of ether oxygens (including phenoxy) is 3. The van der Waals surface area contributed by atoms with E-state index in [1.807, 2.05) is 18.2 Å². The third-order valence-corrected chi connectivity index (χ3v) is 5.92. The van der Waals surface area contributed by atoms with Crippen LogP contribution in [0, 0.1) is 0 Å². The lowest BCUT2D eigenvalue weighted by atomic mass is 9.98. The maximum absolute atomic E-state index is 13.1. The molecule has 0 aromatic heterocycles. The smallest absolute Gasteiger partial charge is 0.438 e. The van der Waals surface area contributed by atoms with Crippen LogP contribution in [0.25, 0.3) is 0 Å². The van der Waals surface area contributed by atoms with Crippen molar-refractivity contribution in [1.29, 1.82) is 0 Å². The van der Waals surface area contributed by atoms with Gasteiger partial charge < -0.3 is 24.2 Å². The molecule has 0 radical (unpaired) electrons. The van der Waals surface area contributed by atoms with E-state index in [0.717, 1.165) is 30.2 Å². The quantitative estimate of drug-likeness (QED) is 0.412. The molecule has 2 aliphatic rings. The molecular formula is C24H26F3NO6. The number of hydroxylamine groups is 1. The van der Waals surface area contributed by atoms with Gasteiger partial charge in [-0.25, -0.2) is 0 Å². The van der Waals surface area contributed by atoms with Gasteiger partial charge in [-0.05, 0) is 61.1 Å². The predicted molar refractivity (Wildman–Crippen MR) is 115 cm³/mol. The third-order valence-electron chi connectivity index (χ3n) is 5.92. The average Bonchev–Trinajstić information content (AvgIpc) is 3.34. The van der Waals surface area contributed by atoms with Gasteiger partial charge in [-0.1, -0.05) is 6.07 Å². The van der Waals surface area contributed by atoms with Crippen molar-refractivity contribution in [2.24, 2.45) is 0 Å². The summed E-state index contributed by atoms with van der Waals surface area (Å²) in [7, 11) is 0. The summed E-state index contributed by atoms with van der Waals surface area (Å²) < 4.78 is 55.6. The van der Waals surface area contributed by atoms with Crippen molar-refractivity contribution in [3.05, 3.63) is 53.1 Å². The first-order valence-corrected chi connectivity index (χ1v) is 11.1. The van der Waals surface area contributed by atoms with Crippen LogP contribution in [0.5, 0.6) is 17.2 Å². The number of nitrogens with one attached hydrogen (secondary N) is 1. The fourth-order valence-corrected chi connectivity index (χ4v) is 4.21. The topological polar surface area (TPSA) is 86.3 Å². The van der Waals surface area contributed by atoms with Crippen molar-refractivity contribution in [2.45, 2.75) is 50.4 Å². The van der Waals surface area contributed by atoms with Crippen molar-refractivity contribution in [1.82, 2.24) is 5.48 Å².